The second-order valence-corrected chi connectivity index (χ2v) is 7.68. The summed E-state index contributed by atoms with van der Waals surface area (Å²) in [6.07, 6.45) is 0. The molecule has 0 atom stereocenters. The van der Waals surface area contributed by atoms with E-state index in [0.29, 0.717) is 11.4 Å². The Bertz CT molecular complexity index is 1050. The highest BCUT2D eigenvalue weighted by molar-refractivity contribution is 7.15. The Morgan fingerprint density at radius 3 is 2.65 bits per heavy atom. The molecule has 3 aromatic heterocycles. The minimum absolute atomic E-state index is 0.166. The number of carbonyl (C=O) groups excluding carboxylic acids is 1. The van der Waals surface area contributed by atoms with E-state index in [4.69, 9.17) is 0 Å². The molecular formula is C19H16N4OS2. The third-order valence-electron chi connectivity index (χ3n) is 3.83. The summed E-state index contributed by atoms with van der Waals surface area (Å²) in [6.45, 7) is 3.89. The summed E-state index contributed by atoms with van der Waals surface area (Å²) in [5.41, 5.74) is 3.46. The number of anilines is 1. The molecule has 0 unspecified atom stereocenters. The van der Waals surface area contributed by atoms with E-state index in [0.717, 1.165) is 27.0 Å². The van der Waals surface area contributed by atoms with E-state index in [1.807, 2.05) is 67.1 Å². The third kappa shape index (κ3) is 3.31. The summed E-state index contributed by atoms with van der Waals surface area (Å²) in [5, 5.41) is 12.2. The average molecular weight is 380 g/mol. The van der Waals surface area contributed by atoms with Crippen LogP contribution in [0.5, 0.6) is 0 Å². The van der Waals surface area contributed by atoms with Crippen LogP contribution in [0.2, 0.25) is 0 Å². The highest BCUT2D eigenvalue weighted by Crippen LogP contribution is 2.29. The molecule has 1 amide bonds. The fourth-order valence-electron chi connectivity index (χ4n) is 2.53. The first-order valence-electron chi connectivity index (χ1n) is 8.04. The van der Waals surface area contributed by atoms with Crippen LogP contribution in [0, 0.1) is 13.8 Å². The van der Waals surface area contributed by atoms with Crippen molar-refractivity contribution in [2.45, 2.75) is 13.8 Å². The molecule has 0 radical (unpaired) electrons. The summed E-state index contributed by atoms with van der Waals surface area (Å²) in [5.74, 6) is 0.446. The van der Waals surface area contributed by atoms with Crippen molar-refractivity contribution in [2.75, 3.05) is 5.32 Å². The summed E-state index contributed by atoms with van der Waals surface area (Å²) in [4.78, 5) is 18.3. The Morgan fingerprint density at radius 1 is 1.12 bits per heavy atom. The largest absolute Gasteiger partial charge is 0.306 e. The molecule has 0 saturated heterocycles. The van der Waals surface area contributed by atoms with Crippen molar-refractivity contribution in [1.82, 2.24) is 14.8 Å². The van der Waals surface area contributed by atoms with E-state index in [1.54, 1.807) is 16.0 Å². The van der Waals surface area contributed by atoms with Gasteiger partial charge in [-0.2, -0.15) is 9.78 Å². The highest BCUT2D eigenvalue weighted by Gasteiger charge is 2.15. The van der Waals surface area contributed by atoms with E-state index in [1.165, 1.54) is 11.3 Å². The van der Waals surface area contributed by atoms with Gasteiger partial charge < -0.3 is 5.32 Å². The molecule has 0 spiro atoms. The monoisotopic (exact) mass is 380 g/mol. The first-order valence-corrected chi connectivity index (χ1v) is 9.80. The molecule has 7 heteroatoms. The molecule has 5 nitrogen and oxygen atoms in total. The summed E-state index contributed by atoms with van der Waals surface area (Å²) < 4.78 is 1.68. The summed E-state index contributed by atoms with van der Waals surface area (Å²) in [6, 6.07) is 13.4. The van der Waals surface area contributed by atoms with Crippen LogP contribution in [-0.2, 0) is 0 Å². The number of aryl methyl sites for hydroxylation is 2. The van der Waals surface area contributed by atoms with Crippen LogP contribution in [-0.4, -0.2) is 20.7 Å². The minimum atomic E-state index is -0.166. The van der Waals surface area contributed by atoms with Crippen LogP contribution in [0.15, 0.2) is 53.2 Å². The number of thiophene rings is 1. The zero-order valence-corrected chi connectivity index (χ0v) is 15.9. The number of rotatable bonds is 4. The number of carbonyl (C=O) groups is 1. The number of hydrogen-bond acceptors (Lipinski definition) is 5. The number of aromatic nitrogens is 3. The van der Waals surface area contributed by atoms with Gasteiger partial charge in [-0.25, -0.2) is 4.98 Å². The van der Waals surface area contributed by atoms with Crippen molar-refractivity contribution in [3.63, 3.8) is 0 Å². The van der Waals surface area contributed by atoms with E-state index in [-0.39, 0.29) is 5.91 Å². The van der Waals surface area contributed by atoms with Crippen molar-refractivity contribution < 1.29 is 4.79 Å². The van der Waals surface area contributed by atoms with Gasteiger partial charge in [-0.3, -0.25) is 4.79 Å². The molecule has 0 aliphatic heterocycles. The van der Waals surface area contributed by atoms with Crippen molar-refractivity contribution in [2.24, 2.45) is 0 Å². The van der Waals surface area contributed by atoms with Gasteiger partial charge in [0, 0.05) is 17.0 Å². The molecule has 3 heterocycles. The van der Waals surface area contributed by atoms with Gasteiger partial charge in [0.15, 0.2) is 0 Å². The average Bonchev–Trinajstić information content (AvgIpc) is 3.35. The van der Waals surface area contributed by atoms with Crippen LogP contribution < -0.4 is 5.32 Å². The Hall–Kier alpha value is -2.77. The standard InChI is InChI=1S/C19H16N4OS2/c1-12-5-7-14(8-6-12)18(24)21-17-10-13(2)22-23(17)19-20-15(11-26-19)16-4-3-9-25-16/h3-11H,1-2H3,(H,21,24). The number of nitrogens with zero attached hydrogens (tertiary/aromatic N) is 3. The van der Waals surface area contributed by atoms with Crippen LogP contribution in [0.1, 0.15) is 21.6 Å². The molecule has 0 aliphatic rings. The van der Waals surface area contributed by atoms with Gasteiger partial charge >= 0.3 is 0 Å². The van der Waals surface area contributed by atoms with Crippen molar-refractivity contribution in [3.8, 4) is 15.7 Å². The smallest absolute Gasteiger partial charge is 0.256 e. The Labute approximate surface area is 159 Å². The van der Waals surface area contributed by atoms with Gasteiger partial charge in [0.05, 0.1) is 16.3 Å². The van der Waals surface area contributed by atoms with Gasteiger partial charge in [-0.15, -0.1) is 22.7 Å². The van der Waals surface area contributed by atoms with E-state index < -0.39 is 0 Å². The molecule has 1 N–H and O–H groups in total. The molecule has 0 fully saturated rings. The van der Waals surface area contributed by atoms with Crippen molar-refractivity contribution in [3.05, 3.63) is 70.0 Å². The predicted octanol–water partition coefficient (Wildman–Crippen LogP) is 4.93. The minimum Gasteiger partial charge on any atom is -0.306 e. The van der Waals surface area contributed by atoms with Crippen LogP contribution in [0.3, 0.4) is 0 Å². The van der Waals surface area contributed by atoms with Crippen LogP contribution in [0.25, 0.3) is 15.7 Å². The Morgan fingerprint density at radius 2 is 1.92 bits per heavy atom. The Kier molecular flexibility index (Phi) is 4.40. The predicted molar refractivity (Wildman–Crippen MR) is 106 cm³/mol. The lowest BCUT2D eigenvalue weighted by Gasteiger charge is -2.06. The second kappa shape index (κ2) is 6.86. The molecule has 130 valence electrons. The van der Waals surface area contributed by atoms with Crippen LogP contribution >= 0.6 is 22.7 Å². The van der Waals surface area contributed by atoms with Crippen molar-refractivity contribution >= 4 is 34.4 Å². The normalized spacial score (nSPS) is 10.8. The highest BCUT2D eigenvalue weighted by atomic mass is 32.1. The molecule has 0 bridgehead atoms. The van der Waals surface area contributed by atoms with Gasteiger partial charge in [0.1, 0.15) is 5.82 Å². The van der Waals surface area contributed by atoms with E-state index >= 15 is 0 Å². The zero-order valence-electron chi connectivity index (χ0n) is 14.3. The van der Waals surface area contributed by atoms with Gasteiger partial charge in [0.25, 0.3) is 5.91 Å². The molecule has 1 aromatic carbocycles. The fraction of sp³-hybridized carbons (Fsp3) is 0.105. The van der Waals surface area contributed by atoms with E-state index in [9.17, 15) is 4.79 Å². The fourth-order valence-corrected chi connectivity index (χ4v) is 4.07. The molecule has 26 heavy (non-hydrogen) atoms. The first kappa shape index (κ1) is 16.7. The molecule has 4 aromatic rings. The maximum absolute atomic E-state index is 12.5. The Balaban J connectivity index is 1.63. The van der Waals surface area contributed by atoms with Gasteiger partial charge in [-0.05, 0) is 37.4 Å². The van der Waals surface area contributed by atoms with Crippen molar-refractivity contribution in [1.29, 1.82) is 0 Å². The maximum atomic E-state index is 12.5. The van der Waals surface area contributed by atoms with Crippen LogP contribution in [0.4, 0.5) is 5.82 Å². The zero-order chi connectivity index (χ0) is 18.1. The molecule has 4 rings (SSSR count). The number of amides is 1. The second-order valence-electron chi connectivity index (χ2n) is 5.90. The summed E-state index contributed by atoms with van der Waals surface area (Å²) >= 11 is 3.15. The quantitative estimate of drug-likeness (QED) is 0.546. The van der Waals surface area contributed by atoms with Gasteiger partial charge in [-0.1, -0.05) is 23.8 Å². The first-order chi connectivity index (χ1) is 12.6. The van der Waals surface area contributed by atoms with E-state index in [2.05, 4.69) is 15.4 Å². The number of hydrogen-bond donors (Lipinski definition) is 1. The molecular weight excluding hydrogens is 364 g/mol. The maximum Gasteiger partial charge on any atom is 0.256 e. The van der Waals surface area contributed by atoms with Gasteiger partial charge in [0.2, 0.25) is 5.13 Å². The SMILES string of the molecule is Cc1ccc(C(=O)Nc2cc(C)nn2-c2nc(-c3cccs3)cs2)cc1. The molecule has 0 saturated carbocycles. The lowest BCUT2D eigenvalue weighted by molar-refractivity contribution is 0.102. The summed E-state index contributed by atoms with van der Waals surface area (Å²) in [7, 11) is 0. The topological polar surface area (TPSA) is 59.8 Å². The third-order valence-corrected chi connectivity index (χ3v) is 5.54. The lowest BCUT2D eigenvalue weighted by Crippen LogP contribution is -2.15. The number of nitrogens with one attached hydrogen (secondary N) is 1. The number of benzene rings is 1. The molecule has 0 aliphatic carbocycles. The number of thiazole rings is 1. The lowest BCUT2D eigenvalue weighted by atomic mass is 10.1.